The summed E-state index contributed by atoms with van der Waals surface area (Å²) in [5, 5.41) is 0. The molecule has 0 spiro atoms. The normalized spacial score (nSPS) is 14.2. The Kier molecular flexibility index (Phi) is 0.704. The lowest BCUT2D eigenvalue weighted by Gasteiger charge is -1.87. The van der Waals surface area contributed by atoms with E-state index >= 15 is 0 Å². The fourth-order valence-corrected chi connectivity index (χ4v) is 1.01. The smallest absolute Gasteiger partial charge is 0.312 e. The number of allylic oxidation sites excluding steroid dienone is 1. The molecule has 1 aliphatic heterocycles. The summed E-state index contributed by atoms with van der Waals surface area (Å²) in [7, 11) is 0. The number of aromatic nitrogens is 2. The van der Waals surface area contributed by atoms with Crippen LogP contribution in [-0.4, -0.2) is 9.55 Å². The molecule has 3 heteroatoms. The number of hydrogen-bond donors (Lipinski definition) is 1. The first-order valence-electron chi connectivity index (χ1n) is 2.83. The molecule has 3 nitrogen and oxygen atoms in total. The van der Waals surface area contributed by atoms with E-state index in [-0.39, 0.29) is 5.69 Å². The quantitative estimate of drug-likeness (QED) is 0.524. The van der Waals surface area contributed by atoms with E-state index in [4.69, 9.17) is 0 Å². The lowest BCUT2D eigenvalue weighted by molar-refractivity contribution is 0.796. The van der Waals surface area contributed by atoms with Crippen molar-refractivity contribution in [2.75, 3.05) is 0 Å². The first-order valence-corrected chi connectivity index (χ1v) is 2.83. The van der Waals surface area contributed by atoms with Crippen LogP contribution in [0.15, 0.2) is 17.1 Å². The van der Waals surface area contributed by atoms with E-state index < -0.39 is 0 Å². The Morgan fingerprint density at radius 1 is 1.67 bits per heavy atom. The predicted octanol–water partition coefficient (Wildman–Crippen LogP) is 0.203. The van der Waals surface area contributed by atoms with Crippen molar-refractivity contribution in [2.24, 2.45) is 0 Å². The second-order valence-electron chi connectivity index (χ2n) is 2.03. The summed E-state index contributed by atoms with van der Waals surface area (Å²) >= 11 is 0. The molecule has 46 valence electrons. The predicted molar refractivity (Wildman–Crippen MR) is 34.1 cm³/mol. The third-order valence-electron chi connectivity index (χ3n) is 1.48. The third kappa shape index (κ3) is 0.483. The highest BCUT2D eigenvalue weighted by molar-refractivity contribution is 5.47. The topological polar surface area (TPSA) is 37.8 Å². The van der Waals surface area contributed by atoms with E-state index in [1.165, 1.54) is 0 Å². The number of rotatable bonds is 0. The van der Waals surface area contributed by atoms with Crippen LogP contribution in [0.3, 0.4) is 0 Å². The number of imidazole rings is 1. The van der Waals surface area contributed by atoms with Crippen LogP contribution in [0.5, 0.6) is 0 Å². The summed E-state index contributed by atoms with van der Waals surface area (Å²) in [6.07, 6.45) is 5.61. The minimum absolute atomic E-state index is 0.0185. The van der Waals surface area contributed by atoms with Crippen molar-refractivity contribution in [3.05, 3.63) is 28.5 Å². The molecular formula is C6H6N2O. The van der Waals surface area contributed by atoms with Crippen molar-refractivity contribution in [1.29, 1.82) is 0 Å². The maximum Gasteiger partial charge on any atom is 0.326 e. The third-order valence-corrected chi connectivity index (χ3v) is 1.48. The van der Waals surface area contributed by atoms with Gasteiger partial charge in [0.25, 0.3) is 0 Å². The molecule has 2 heterocycles. The summed E-state index contributed by atoms with van der Waals surface area (Å²) in [4.78, 5) is 13.4. The number of nitrogens with zero attached hydrogens (tertiary/aromatic N) is 1. The molecule has 0 aromatic carbocycles. The Labute approximate surface area is 51.6 Å². The highest BCUT2D eigenvalue weighted by Crippen LogP contribution is 2.04. The molecule has 0 unspecified atom stereocenters. The van der Waals surface area contributed by atoms with Gasteiger partial charge in [0.15, 0.2) is 0 Å². The Bertz CT molecular complexity index is 305. The Morgan fingerprint density at radius 3 is 3.33 bits per heavy atom. The molecule has 0 bridgehead atoms. The average molecular weight is 122 g/mol. The largest absolute Gasteiger partial charge is 0.326 e. The van der Waals surface area contributed by atoms with Crippen molar-refractivity contribution >= 4 is 6.08 Å². The number of hydrogen-bond acceptors (Lipinski definition) is 1. The molecule has 0 fully saturated rings. The van der Waals surface area contributed by atoms with Gasteiger partial charge in [0.1, 0.15) is 0 Å². The second-order valence-corrected chi connectivity index (χ2v) is 2.03. The van der Waals surface area contributed by atoms with Crippen LogP contribution in [0.1, 0.15) is 5.69 Å². The molecular weight excluding hydrogens is 116 g/mol. The molecule has 9 heavy (non-hydrogen) atoms. The molecule has 2 rings (SSSR count). The van der Waals surface area contributed by atoms with Crippen LogP contribution in [-0.2, 0) is 6.54 Å². The van der Waals surface area contributed by atoms with Gasteiger partial charge in [0.05, 0.1) is 5.69 Å². The molecule has 0 saturated carbocycles. The van der Waals surface area contributed by atoms with E-state index in [2.05, 4.69) is 4.98 Å². The molecule has 1 aromatic rings. The Hall–Kier alpha value is -1.25. The lowest BCUT2D eigenvalue weighted by Crippen LogP contribution is -2.14. The fraction of sp³-hybridized carbons (Fsp3) is 0.167. The summed E-state index contributed by atoms with van der Waals surface area (Å²) in [5.41, 5.74) is 0.954. The molecule has 0 atom stereocenters. The molecule has 1 N–H and O–H groups in total. The molecule has 0 saturated heterocycles. The van der Waals surface area contributed by atoms with Gasteiger partial charge in [0, 0.05) is 12.7 Å². The number of nitrogens with one attached hydrogen (secondary N) is 1. The van der Waals surface area contributed by atoms with Crippen molar-refractivity contribution in [3.8, 4) is 0 Å². The van der Waals surface area contributed by atoms with Crippen LogP contribution in [0.25, 0.3) is 6.08 Å². The fourth-order valence-electron chi connectivity index (χ4n) is 1.01. The van der Waals surface area contributed by atoms with Gasteiger partial charge in [-0.2, -0.15) is 0 Å². The second kappa shape index (κ2) is 1.37. The van der Waals surface area contributed by atoms with Gasteiger partial charge in [-0.25, -0.2) is 4.79 Å². The van der Waals surface area contributed by atoms with Crippen LogP contribution in [0.4, 0.5) is 0 Å². The number of aromatic amines is 1. The monoisotopic (exact) mass is 122 g/mol. The summed E-state index contributed by atoms with van der Waals surface area (Å²) in [5.74, 6) is 0. The zero-order valence-electron chi connectivity index (χ0n) is 4.79. The summed E-state index contributed by atoms with van der Waals surface area (Å²) in [6.45, 7) is 0.720. The molecule has 0 radical (unpaired) electrons. The van der Waals surface area contributed by atoms with Gasteiger partial charge in [-0.3, -0.25) is 4.57 Å². The summed E-state index contributed by atoms with van der Waals surface area (Å²) < 4.78 is 1.68. The van der Waals surface area contributed by atoms with Crippen LogP contribution >= 0.6 is 0 Å². The zero-order chi connectivity index (χ0) is 6.27. The SMILES string of the molecule is O=c1[nH]cc2n1CC=C2. The highest BCUT2D eigenvalue weighted by Gasteiger charge is 2.04. The first-order chi connectivity index (χ1) is 4.38. The average Bonchev–Trinajstić information content (AvgIpc) is 2.35. The number of fused-ring (bicyclic) bond motifs is 1. The van der Waals surface area contributed by atoms with Crippen LogP contribution in [0.2, 0.25) is 0 Å². The minimum atomic E-state index is -0.0185. The maximum atomic E-state index is 10.8. The molecule has 1 aromatic heterocycles. The Balaban J connectivity index is 2.79. The molecule has 0 amide bonds. The lowest BCUT2D eigenvalue weighted by atomic mass is 10.5. The number of H-pyrrole nitrogens is 1. The van der Waals surface area contributed by atoms with E-state index in [1.807, 2.05) is 12.2 Å². The Morgan fingerprint density at radius 2 is 2.56 bits per heavy atom. The molecule has 0 aliphatic carbocycles. The van der Waals surface area contributed by atoms with E-state index in [9.17, 15) is 4.79 Å². The summed E-state index contributed by atoms with van der Waals surface area (Å²) in [6, 6.07) is 0. The highest BCUT2D eigenvalue weighted by atomic mass is 16.1. The van der Waals surface area contributed by atoms with Gasteiger partial charge in [-0.15, -0.1) is 0 Å². The van der Waals surface area contributed by atoms with Crippen LogP contribution in [0, 0.1) is 0 Å². The van der Waals surface area contributed by atoms with E-state index in [0.29, 0.717) is 0 Å². The maximum absolute atomic E-state index is 10.8. The molecule has 1 aliphatic rings. The van der Waals surface area contributed by atoms with Crippen molar-refractivity contribution in [3.63, 3.8) is 0 Å². The van der Waals surface area contributed by atoms with Crippen molar-refractivity contribution in [2.45, 2.75) is 6.54 Å². The van der Waals surface area contributed by atoms with Gasteiger partial charge < -0.3 is 4.98 Å². The van der Waals surface area contributed by atoms with Crippen molar-refractivity contribution < 1.29 is 0 Å². The zero-order valence-corrected chi connectivity index (χ0v) is 4.79. The minimum Gasteiger partial charge on any atom is -0.312 e. The van der Waals surface area contributed by atoms with Crippen LogP contribution < -0.4 is 5.69 Å². The van der Waals surface area contributed by atoms with Gasteiger partial charge >= 0.3 is 5.69 Å². The van der Waals surface area contributed by atoms with Gasteiger partial charge in [0.2, 0.25) is 0 Å². The van der Waals surface area contributed by atoms with E-state index in [1.54, 1.807) is 10.8 Å². The van der Waals surface area contributed by atoms with E-state index in [0.717, 1.165) is 12.2 Å². The standard InChI is InChI=1S/C6H6N2O/c9-6-7-4-5-2-1-3-8(5)6/h1-2,4H,3H2,(H,7,9). The van der Waals surface area contributed by atoms with Gasteiger partial charge in [-0.05, 0) is 6.08 Å². The first kappa shape index (κ1) is 4.61. The van der Waals surface area contributed by atoms with Crippen molar-refractivity contribution in [1.82, 2.24) is 9.55 Å². The van der Waals surface area contributed by atoms with Gasteiger partial charge in [-0.1, -0.05) is 6.08 Å².